The smallest absolute Gasteiger partial charge is 0.293 e. The van der Waals surface area contributed by atoms with Crippen LogP contribution in [0, 0.1) is 0 Å². The van der Waals surface area contributed by atoms with Crippen LogP contribution in [0.5, 0.6) is 0 Å². The minimum absolute atomic E-state index is 0.142. The molecule has 0 aliphatic carbocycles. The maximum Gasteiger partial charge on any atom is 0.293 e. The Labute approximate surface area is 98.9 Å². The van der Waals surface area contributed by atoms with Crippen molar-refractivity contribution in [2.75, 3.05) is 11.1 Å². The highest BCUT2D eigenvalue weighted by Crippen LogP contribution is 2.07. The lowest BCUT2D eigenvalue weighted by Gasteiger charge is -2.06. The molecule has 0 unspecified atom stereocenters. The molecule has 5 nitrogen and oxygen atoms in total. The van der Waals surface area contributed by atoms with E-state index in [-0.39, 0.29) is 5.56 Å². The molecule has 0 saturated carbocycles. The van der Waals surface area contributed by atoms with Crippen LogP contribution in [0.25, 0.3) is 0 Å². The van der Waals surface area contributed by atoms with Gasteiger partial charge in [-0.25, -0.2) is 4.98 Å². The largest absolute Gasteiger partial charge is 0.399 e. The molecule has 2 aromatic rings. The van der Waals surface area contributed by atoms with E-state index in [0.29, 0.717) is 18.1 Å². The maximum atomic E-state index is 11.7. The molecule has 0 amide bonds. The molecule has 0 atom stereocenters. The van der Waals surface area contributed by atoms with Crippen molar-refractivity contribution in [2.45, 2.75) is 6.54 Å². The zero-order valence-corrected chi connectivity index (χ0v) is 9.55. The van der Waals surface area contributed by atoms with E-state index >= 15 is 0 Å². The predicted octanol–water partition coefficient (Wildman–Crippen LogP) is 0.975. The predicted molar refractivity (Wildman–Crippen MR) is 67.7 cm³/mol. The SMILES string of the molecule is Cn1ccnc(NCc2cccc(N)c2)c1=O. The van der Waals surface area contributed by atoms with Gasteiger partial charge < -0.3 is 15.6 Å². The first-order valence-corrected chi connectivity index (χ1v) is 5.27. The normalized spacial score (nSPS) is 10.2. The molecule has 0 bridgehead atoms. The third-order valence-electron chi connectivity index (χ3n) is 2.43. The van der Waals surface area contributed by atoms with Crippen LogP contribution in [0.3, 0.4) is 0 Å². The first kappa shape index (κ1) is 11.2. The third-order valence-corrected chi connectivity index (χ3v) is 2.43. The molecule has 5 heteroatoms. The van der Waals surface area contributed by atoms with Gasteiger partial charge in [0.15, 0.2) is 5.82 Å². The summed E-state index contributed by atoms with van der Waals surface area (Å²) < 4.78 is 1.48. The van der Waals surface area contributed by atoms with Gasteiger partial charge in [-0.1, -0.05) is 12.1 Å². The molecule has 1 heterocycles. The van der Waals surface area contributed by atoms with Crippen LogP contribution in [0.2, 0.25) is 0 Å². The van der Waals surface area contributed by atoms with Crippen molar-refractivity contribution in [2.24, 2.45) is 7.05 Å². The molecule has 0 fully saturated rings. The fourth-order valence-corrected chi connectivity index (χ4v) is 1.51. The summed E-state index contributed by atoms with van der Waals surface area (Å²) in [5.74, 6) is 0.345. The van der Waals surface area contributed by atoms with Crippen LogP contribution < -0.4 is 16.6 Å². The molecule has 88 valence electrons. The zero-order valence-electron chi connectivity index (χ0n) is 9.55. The molecular weight excluding hydrogens is 216 g/mol. The fraction of sp³-hybridized carbons (Fsp3) is 0.167. The molecule has 0 saturated heterocycles. The summed E-state index contributed by atoms with van der Waals surface area (Å²) in [5, 5.41) is 3.00. The number of nitrogens with one attached hydrogen (secondary N) is 1. The van der Waals surface area contributed by atoms with E-state index in [4.69, 9.17) is 5.73 Å². The Morgan fingerprint density at radius 3 is 3.06 bits per heavy atom. The molecule has 0 spiro atoms. The Morgan fingerprint density at radius 1 is 1.47 bits per heavy atom. The van der Waals surface area contributed by atoms with Crippen molar-refractivity contribution in [1.29, 1.82) is 0 Å². The van der Waals surface area contributed by atoms with Crippen LogP contribution in [-0.2, 0) is 13.6 Å². The lowest BCUT2D eigenvalue weighted by Crippen LogP contribution is -2.21. The van der Waals surface area contributed by atoms with Crippen LogP contribution in [0.15, 0.2) is 41.5 Å². The van der Waals surface area contributed by atoms with Crippen molar-refractivity contribution in [1.82, 2.24) is 9.55 Å². The summed E-state index contributed by atoms with van der Waals surface area (Å²) in [6.07, 6.45) is 3.21. The summed E-state index contributed by atoms with van der Waals surface area (Å²) in [6.45, 7) is 0.525. The van der Waals surface area contributed by atoms with Gasteiger partial charge in [0.25, 0.3) is 5.56 Å². The van der Waals surface area contributed by atoms with Gasteiger partial charge in [-0.15, -0.1) is 0 Å². The molecule has 0 aliphatic rings. The van der Waals surface area contributed by atoms with Crippen molar-refractivity contribution in [3.8, 4) is 0 Å². The average molecular weight is 230 g/mol. The molecule has 0 radical (unpaired) electrons. The van der Waals surface area contributed by atoms with Gasteiger partial charge in [-0.3, -0.25) is 4.79 Å². The van der Waals surface area contributed by atoms with Gasteiger partial charge in [0.2, 0.25) is 0 Å². The third kappa shape index (κ3) is 2.63. The van der Waals surface area contributed by atoms with E-state index in [1.165, 1.54) is 4.57 Å². The minimum Gasteiger partial charge on any atom is -0.399 e. The summed E-state index contributed by atoms with van der Waals surface area (Å²) in [7, 11) is 1.69. The molecular formula is C12H14N4O. The summed E-state index contributed by atoms with van der Waals surface area (Å²) in [4.78, 5) is 15.7. The zero-order chi connectivity index (χ0) is 12.3. The lowest BCUT2D eigenvalue weighted by atomic mass is 10.2. The van der Waals surface area contributed by atoms with Crippen molar-refractivity contribution in [3.05, 3.63) is 52.6 Å². The van der Waals surface area contributed by atoms with Gasteiger partial charge >= 0.3 is 0 Å². The number of hydrogen-bond donors (Lipinski definition) is 2. The van der Waals surface area contributed by atoms with Crippen molar-refractivity contribution >= 4 is 11.5 Å². The van der Waals surface area contributed by atoms with E-state index in [2.05, 4.69) is 10.3 Å². The van der Waals surface area contributed by atoms with Crippen molar-refractivity contribution in [3.63, 3.8) is 0 Å². The monoisotopic (exact) mass is 230 g/mol. The molecule has 3 N–H and O–H groups in total. The van der Waals surface area contributed by atoms with Gasteiger partial charge in [-0.2, -0.15) is 0 Å². The minimum atomic E-state index is -0.142. The Bertz CT molecular complexity index is 577. The summed E-state index contributed by atoms with van der Waals surface area (Å²) >= 11 is 0. The van der Waals surface area contributed by atoms with Gasteiger partial charge in [0.05, 0.1) is 0 Å². The number of benzene rings is 1. The van der Waals surface area contributed by atoms with Gasteiger partial charge in [0.1, 0.15) is 0 Å². The number of nitrogen functional groups attached to an aromatic ring is 1. The Hall–Kier alpha value is -2.30. The first-order chi connectivity index (χ1) is 8.16. The first-order valence-electron chi connectivity index (χ1n) is 5.27. The summed E-state index contributed by atoms with van der Waals surface area (Å²) in [6, 6.07) is 7.50. The number of nitrogens with two attached hydrogens (primary N) is 1. The number of anilines is 2. The van der Waals surface area contributed by atoms with E-state index in [9.17, 15) is 4.79 Å². The van der Waals surface area contributed by atoms with Crippen LogP contribution in [0.4, 0.5) is 11.5 Å². The quantitative estimate of drug-likeness (QED) is 0.771. The number of nitrogens with zero attached hydrogens (tertiary/aromatic N) is 2. The second-order valence-electron chi connectivity index (χ2n) is 3.79. The van der Waals surface area contributed by atoms with E-state index in [1.54, 1.807) is 19.4 Å². The standard InChI is InChI=1S/C12H14N4O/c1-16-6-5-14-11(12(16)17)15-8-9-3-2-4-10(13)7-9/h2-7H,8,13H2,1H3,(H,14,15). The fourth-order valence-electron chi connectivity index (χ4n) is 1.51. The van der Waals surface area contributed by atoms with Crippen LogP contribution in [-0.4, -0.2) is 9.55 Å². The molecule has 1 aromatic heterocycles. The van der Waals surface area contributed by atoms with Gasteiger partial charge in [0, 0.05) is 31.7 Å². The Kier molecular flexibility index (Phi) is 3.09. The number of aryl methyl sites for hydroxylation is 1. The van der Waals surface area contributed by atoms with Crippen LogP contribution >= 0.6 is 0 Å². The summed E-state index contributed by atoms with van der Waals surface area (Å²) in [5.41, 5.74) is 7.25. The van der Waals surface area contributed by atoms with E-state index in [1.807, 2.05) is 24.3 Å². The van der Waals surface area contributed by atoms with E-state index < -0.39 is 0 Å². The highest BCUT2D eigenvalue weighted by molar-refractivity contribution is 5.42. The number of rotatable bonds is 3. The highest BCUT2D eigenvalue weighted by atomic mass is 16.1. The van der Waals surface area contributed by atoms with Crippen molar-refractivity contribution < 1.29 is 0 Å². The Morgan fingerprint density at radius 2 is 2.29 bits per heavy atom. The Balaban J connectivity index is 2.13. The average Bonchev–Trinajstić information content (AvgIpc) is 2.31. The molecule has 17 heavy (non-hydrogen) atoms. The molecule has 2 rings (SSSR count). The number of aromatic nitrogens is 2. The molecule has 1 aromatic carbocycles. The van der Waals surface area contributed by atoms with Gasteiger partial charge in [-0.05, 0) is 17.7 Å². The molecule has 0 aliphatic heterocycles. The highest BCUT2D eigenvalue weighted by Gasteiger charge is 2.01. The second-order valence-corrected chi connectivity index (χ2v) is 3.79. The topological polar surface area (TPSA) is 72.9 Å². The van der Waals surface area contributed by atoms with E-state index in [0.717, 1.165) is 5.56 Å². The van der Waals surface area contributed by atoms with Crippen LogP contribution in [0.1, 0.15) is 5.56 Å². The second kappa shape index (κ2) is 4.69. The lowest BCUT2D eigenvalue weighted by molar-refractivity contribution is 0.839. The number of hydrogen-bond acceptors (Lipinski definition) is 4. The maximum absolute atomic E-state index is 11.7.